The van der Waals surface area contributed by atoms with Crippen LogP contribution in [0, 0.1) is 19.8 Å². The van der Waals surface area contributed by atoms with E-state index in [4.69, 9.17) is 4.74 Å². The summed E-state index contributed by atoms with van der Waals surface area (Å²) in [5.74, 6) is 0.513. The first-order valence-corrected chi connectivity index (χ1v) is 7.65. The summed E-state index contributed by atoms with van der Waals surface area (Å²) in [6.07, 6.45) is 1.86. The predicted molar refractivity (Wildman–Crippen MR) is 83.3 cm³/mol. The summed E-state index contributed by atoms with van der Waals surface area (Å²) in [7, 11) is 0. The van der Waals surface area contributed by atoms with E-state index in [-0.39, 0.29) is 6.09 Å². The summed E-state index contributed by atoms with van der Waals surface area (Å²) in [5.41, 5.74) is 3.02. The molecule has 2 heterocycles. The Balaban J connectivity index is 1.92. The first-order chi connectivity index (χ1) is 9.73. The number of likely N-dealkylation sites (tertiary alicyclic amines) is 1. The second-order valence-corrected chi connectivity index (χ2v) is 7.04. The number of rotatable bonds is 2. The minimum atomic E-state index is -0.422. The summed E-state index contributed by atoms with van der Waals surface area (Å²) in [6.45, 7) is 11.3. The van der Waals surface area contributed by atoms with Gasteiger partial charge in [0.15, 0.2) is 0 Å². The molecular formula is C17H26N2O2. The van der Waals surface area contributed by atoms with E-state index in [1.165, 1.54) is 5.56 Å². The van der Waals surface area contributed by atoms with Crippen LogP contribution in [0.3, 0.4) is 0 Å². The van der Waals surface area contributed by atoms with Gasteiger partial charge in [0.2, 0.25) is 0 Å². The van der Waals surface area contributed by atoms with Crippen molar-refractivity contribution in [1.29, 1.82) is 0 Å². The van der Waals surface area contributed by atoms with E-state index in [1.807, 2.05) is 39.5 Å². The summed E-state index contributed by atoms with van der Waals surface area (Å²) >= 11 is 0. The molecule has 4 nitrogen and oxygen atoms in total. The Kier molecular flexibility index (Phi) is 4.55. The maximum absolute atomic E-state index is 12.1. The molecule has 4 heteroatoms. The molecular weight excluding hydrogens is 264 g/mol. The second kappa shape index (κ2) is 6.04. The maximum atomic E-state index is 12.1. The van der Waals surface area contributed by atoms with Crippen LogP contribution in [0.25, 0.3) is 0 Å². The van der Waals surface area contributed by atoms with Crippen molar-refractivity contribution in [1.82, 2.24) is 9.88 Å². The zero-order valence-electron chi connectivity index (χ0n) is 13.8. The van der Waals surface area contributed by atoms with Crippen molar-refractivity contribution in [2.45, 2.75) is 53.1 Å². The van der Waals surface area contributed by atoms with Crippen LogP contribution in [0.15, 0.2) is 12.1 Å². The molecule has 116 valence electrons. The van der Waals surface area contributed by atoms with Gasteiger partial charge in [0.1, 0.15) is 5.60 Å². The number of carbonyl (C=O) groups excluding carboxylic acids is 1. The summed E-state index contributed by atoms with van der Waals surface area (Å²) in [4.78, 5) is 18.3. The van der Waals surface area contributed by atoms with Crippen molar-refractivity contribution in [3.63, 3.8) is 0 Å². The van der Waals surface area contributed by atoms with Crippen LogP contribution in [0.5, 0.6) is 0 Å². The highest BCUT2D eigenvalue weighted by Gasteiger charge is 2.29. The highest BCUT2D eigenvalue weighted by molar-refractivity contribution is 5.68. The van der Waals surface area contributed by atoms with E-state index < -0.39 is 5.60 Å². The fourth-order valence-corrected chi connectivity index (χ4v) is 2.86. The average Bonchev–Trinajstić information content (AvgIpc) is 2.73. The molecule has 0 N–H and O–H groups in total. The van der Waals surface area contributed by atoms with Gasteiger partial charge in [0.25, 0.3) is 0 Å². The van der Waals surface area contributed by atoms with Crippen LogP contribution in [0.4, 0.5) is 4.79 Å². The number of aryl methyl sites for hydroxylation is 2. The first kappa shape index (κ1) is 15.8. The van der Waals surface area contributed by atoms with E-state index >= 15 is 0 Å². The molecule has 1 aliphatic rings. The number of amides is 1. The lowest BCUT2D eigenvalue weighted by Crippen LogP contribution is -2.35. The lowest BCUT2D eigenvalue weighted by atomic mass is 9.98. The molecule has 1 aromatic heterocycles. The van der Waals surface area contributed by atoms with Crippen LogP contribution in [-0.4, -0.2) is 34.7 Å². The Morgan fingerprint density at radius 2 is 1.95 bits per heavy atom. The van der Waals surface area contributed by atoms with Crippen molar-refractivity contribution in [3.8, 4) is 0 Å². The Hall–Kier alpha value is -1.58. The van der Waals surface area contributed by atoms with E-state index in [1.54, 1.807) is 0 Å². The molecule has 0 saturated carbocycles. The lowest BCUT2D eigenvalue weighted by Gasteiger charge is -2.24. The zero-order valence-corrected chi connectivity index (χ0v) is 13.8. The van der Waals surface area contributed by atoms with E-state index in [0.717, 1.165) is 37.3 Å². The van der Waals surface area contributed by atoms with E-state index in [0.29, 0.717) is 5.92 Å². The van der Waals surface area contributed by atoms with Crippen LogP contribution in [0.1, 0.15) is 44.1 Å². The molecule has 0 spiro atoms. The van der Waals surface area contributed by atoms with Crippen LogP contribution < -0.4 is 0 Å². The summed E-state index contributed by atoms with van der Waals surface area (Å²) < 4.78 is 5.44. The van der Waals surface area contributed by atoms with Gasteiger partial charge in [-0.25, -0.2) is 4.79 Å². The fourth-order valence-electron chi connectivity index (χ4n) is 2.86. The van der Waals surface area contributed by atoms with Gasteiger partial charge in [-0.3, -0.25) is 4.98 Å². The SMILES string of the molecule is Cc1cc(CC2CCN(C(=O)OC(C)(C)C)C2)cc(C)n1. The Bertz CT molecular complexity index is 500. The van der Waals surface area contributed by atoms with Crippen molar-refractivity contribution < 1.29 is 9.53 Å². The standard InChI is InChI=1S/C17H26N2O2/c1-12-8-15(9-13(2)18-12)10-14-6-7-19(11-14)16(20)21-17(3,4)5/h8-9,14H,6-7,10-11H2,1-5H3. The van der Waals surface area contributed by atoms with E-state index in [2.05, 4.69) is 17.1 Å². The van der Waals surface area contributed by atoms with Gasteiger partial charge in [-0.05, 0) is 71.1 Å². The number of aromatic nitrogens is 1. The number of carbonyl (C=O) groups is 1. The second-order valence-electron chi connectivity index (χ2n) is 7.04. The quantitative estimate of drug-likeness (QED) is 0.837. The molecule has 1 aliphatic heterocycles. The predicted octanol–water partition coefficient (Wildman–Crippen LogP) is 3.50. The van der Waals surface area contributed by atoms with Gasteiger partial charge < -0.3 is 9.64 Å². The average molecular weight is 290 g/mol. The van der Waals surface area contributed by atoms with Gasteiger partial charge in [-0.15, -0.1) is 0 Å². The monoisotopic (exact) mass is 290 g/mol. The van der Waals surface area contributed by atoms with Crippen molar-refractivity contribution >= 4 is 6.09 Å². The number of hydrogen-bond acceptors (Lipinski definition) is 3. The molecule has 0 aromatic carbocycles. The molecule has 2 rings (SSSR count). The Labute approximate surface area is 127 Å². The topological polar surface area (TPSA) is 42.4 Å². The highest BCUT2D eigenvalue weighted by Crippen LogP contribution is 2.23. The van der Waals surface area contributed by atoms with Crippen molar-refractivity contribution in [3.05, 3.63) is 29.1 Å². The van der Waals surface area contributed by atoms with Crippen molar-refractivity contribution in [2.75, 3.05) is 13.1 Å². The molecule has 1 unspecified atom stereocenters. The third-order valence-electron chi connectivity index (χ3n) is 3.60. The molecule has 0 bridgehead atoms. The third-order valence-corrected chi connectivity index (χ3v) is 3.60. The van der Waals surface area contributed by atoms with Gasteiger partial charge >= 0.3 is 6.09 Å². The largest absolute Gasteiger partial charge is 0.444 e. The molecule has 1 fully saturated rings. The highest BCUT2D eigenvalue weighted by atomic mass is 16.6. The molecule has 1 atom stereocenters. The van der Waals surface area contributed by atoms with Gasteiger partial charge in [-0.2, -0.15) is 0 Å². The summed E-state index contributed by atoms with van der Waals surface area (Å²) in [5, 5.41) is 0. The lowest BCUT2D eigenvalue weighted by molar-refractivity contribution is 0.0288. The Morgan fingerprint density at radius 3 is 2.52 bits per heavy atom. The van der Waals surface area contributed by atoms with Gasteiger partial charge in [-0.1, -0.05) is 0 Å². The zero-order chi connectivity index (χ0) is 15.6. The minimum absolute atomic E-state index is 0.188. The van der Waals surface area contributed by atoms with Crippen LogP contribution in [-0.2, 0) is 11.2 Å². The maximum Gasteiger partial charge on any atom is 0.410 e. The van der Waals surface area contributed by atoms with E-state index in [9.17, 15) is 4.79 Å². The van der Waals surface area contributed by atoms with Crippen molar-refractivity contribution in [2.24, 2.45) is 5.92 Å². The molecule has 21 heavy (non-hydrogen) atoms. The Morgan fingerprint density at radius 1 is 1.33 bits per heavy atom. The number of nitrogens with zero attached hydrogens (tertiary/aromatic N) is 2. The summed E-state index contributed by atoms with van der Waals surface area (Å²) in [6, 6.07) is 4.28. The fraction of sp³-hybridized carbons (Fsp3) is 0.647. The smallest absolute Gasteiger partial charge is 0.410 e. The third kappa shape index (κ3) is 4.73. The molecule has 0 aliphatic carbocycles. The van der Waals surface area contributed by atoms with Gasteiger partial charge in [0, 0.05) is 24.5 Å². The van der Waals surface area contributed by atoms with Crippen LogP contribution >= 0.6 is 0 Å². The molecule has 0 radical (unpaired) electrons. The number of pyridine rings is 1. The number of ether oxygens (including phenoxy) is 1. The molecule has 1 aromatic rings. The van der Waals surface area contributed by atoms with Crippen LogP contribution in [0.2, 0.25) is 0 Å². The molecule has 1 saturated heterocycles. The minimum Gasteiger partial charge on any atom is -0.444 e. The number of hydrogen-bond donors (Lipinski definition) is 0. The first-order valence-electron chi connectivity index (χ1n) is 7.65. The molecule has 1 amide bonds. The van der Waals surface area contributed by atoms with Gasteiger partial charge in [0.05, 0.1) is 0 Å². The normalized spacial score (nSPS) is 18.9.